The van der Waals surface area contributed by atoms with E-state index < -0.39 is 0 Å². The number of nitrogens with zero attached hydrogens (tertiary/aromatic N) is 1. The Balaban J connectivity index is 2.05. The second kappa shape index (κ2) is 2.40. The first kappa shape index (κ1) is 8.07. The molecule has 1 saturated heterocycles. The summed E-state index contributed by atoms with van der Waals surface area (Å²) in [5.41, 5.74) is 1.10. The molecule has 0 unspecified atom stereocenters. The summed E-state index contributed by atoms with van der Waals surface area (Å²) in [5, 5.41) is 9.24. The highest BCUT2D eigenvalue weighted by molar-refractivity contribution is 5.37. The summed E-state index contributed by atoms with van der Waals surface area (Å²) in [4.78, 5) is 3.06. The Bertz CT molecular complexity index is 380. The van der Waals surface area contributed by atoms with E-state index in [0.29, 0.717) is 13.2 Å². The molecule has 72 valence electrons. The number of hydrogen-bond donors (Lipinski definition) is 1. The normalized spacial score (nSPS) is 26.2. The molecule has 1 saturated carbocycles. The molecule has 1 aliphatic heterocycles. The monoisotopic (exact) mass is 188 g/mol. The number of ether oxygens (including phenoxy) is 1. The molecule has 14 heavy (non-hydrogen) atoms. The van der Waals surface area contributed by atoms with E-state index in [-0.39, 0.29) is 10.8 Å². The van der Waals surface area contributed by atoms with Gasteiger partial charge in [-0.25, -0.2) is 0 Å². The molecular formula is C11H12N2O. The molecular weight excluding hydrogens is 176 g/mol. The summed E-state index contributed by atoms with van der Waals surface area (Å²) >= 11 is 0. The number of nitriles is 1. The quantitative estimate of drug-likeness (QED) is 0.766. The van der Waals surface area contributed by atoms with E-state index in [2.05, 4.69) is 17.1 Å². The van der Waals surface area contributed by atoms with Gasteiger partial charge in [0.05, 0.1) is 30.1 Å². The van der Waals surface area contributed by atoms with E-state index in [1.807, 2.05) is 12.4 Å². The summed E-state index contributed by atoms with van der Waals surface area (Å²) in [5.74, 6) is 0. The van der Waals surface area contributed by atoms with Crippen LogP contribution in [0.15, 0.2) is 18.5 Å². The molecule has 3 rings (SSSR count). The van der Waals surface area contributed by atoms with Crippen LogP contribution >= 0.6 is 0 Å². The van der Waals surface area contributed by atoms with Crippen molar-refractivity contribution in [1.82, 2.24) is 4.98 Å². The zero-order valence-electron chi connectivity index (χ0n) is 7.92. The van der Waals surface area contributed by atoms with E-state index in [1.165, 1.54) is 5.56 Å². The van der Waals surface area contributed by atoms with Crippen molar-refractivity contribution in [1.29, 1.82) is 5.26 Å². The van der Waals surface area contributed by atoms with Crippen LogP contribution in [0.25, 0.3) is 0 Å². The second-order valence-electron chi connectivity index (χ2n) is 4.37. The number of aromatic amines is 1. The number of rotatable bonds is 2. The van der Waals surface area contributed by atoms with E-state index in [4.69, 9.17) is 4.74 Å². The van der Waals surface area contributed by atoms with Gasteiger partial charge in [0.2, 0.25) is 0 Å². The zero-order valence-corrected chi connectivity index (χ0v) is 7.92. The molecule has 0 atom stereocenters. The molecule has 3 nitrogen and oxygen atoms in total. The van der Waals surface area contributed by atoms with Crippen LogP contribution in [0.4, 0.5) is 0 Å². The molecule has 3 heteroatoms. The fraction of sp³-hybridized carbons (Fsp3) is 0.545. The summed E-state index contributed by atoms with van der Waals surface area (Å²) in [6, 6.07) is 4.56. The van der Waals surface area contributed by atoms with Gasteiger partial charge in [0.1, 0.15) is 0 Å². The zero-order chi connectivity index (χ0) is 9.65. The Kier molecular flexibility index (Phi) is 1.38. The lowest BCUT2D eigenvalue weighted by Crippen LogP contribution is -2.53. The highest BCUT2D eigenvalue weighted by atomic mass is 16.5. The maximum atomic E-state index is 9.24. The summed E-state index contributed by atoms with van der Waals surface area (Å²) in [6.45, 7) is 1.41. The van der Waals surface area contributed by atoms with Crippen LogP contribution in [0.5, 0.6) is 0 Å². The molecule has 0 bridgehead atoms. The van der Waals surface area contributed by atoms with Gasteiger partial charge in [0.25, 0.3) is 0 Å². The predicted octanol–water partition coefficient (Wildman–Crippen LogP) is 1.59. The summed E-state index contributed by atoms with van der Waals surface area (Å²) < 4.78 is 5.33. The van der Waals surface area contributed by atoms with Crippen LogP contribution in [-0.2, 0) is 10.2 Å². The molecule has 1 aromatic heterocycles. The standard InChI is InChI=1S/C11H12N2O/c12-6-10(2-3-10)11(7-14-8-11)9-1-4-13-5-9/h1,4-5,13H,2-3,7-8H2. The fourth-order valence-corrected chi connectivity index (χ4v) is 2.47. The topological polar surface area (TPSA) is 48.8 Å². The van der Waals surface area contributed by atoms with Gasteiger partial charge in [-0.05, 0) is 24.5 Å². The van der Waals surface area contributed by atoms with Gasteiger partial charge in [-0.2, -0.15) is 5.26 Å². The van der Waals surface area contributed by atoms with E-state index in [0.717, 1.165) is 12.8 Å². The Hall–Kier alpha value is -1.27. The molecule has 2 heterocycles. The third-order valence-corrected chi connectivity index (χ3v) is 3.73. The van der Waals surface area contributed by atoms with Gasteiger partial charge in [-0.15, -0.1) is 0 Å². The van der Waals surface area contributed by atoms with Crippen molar-refractivity contribution >= 4 is 0 Å². The third-order valence-electron chi connectivity index (χ3n) is 3.73. The smallest absolute Gasteiger partial charge is 0.0716 e. The molecule has 0 spiro atoms. The van der Waals surface area contributed by atoms with Crippen LogP contribution < -0.4 is 0 Å². The first-order valence-electron chi connectivity index (χ1n) is 4.95. The van der Waals surface area contributed by atoms with Crippen molar-refractivity contribution in [2.24, 2.45) is 5.41 Å². The van der Waals surface area contributed by atoms with Crippen LogP contribution in [0.3, 0.4) is 0 Å². The molecule has 1 N–H and O–H groups in total. The Labute approximate surface area is 82.7 Å². The van der Waals surface area contributed by atoms with Crippen LogP contribution in [0.1, 0.15) is 18.4 Å². The first-order valence-corrected chi connectivity index (χ1v) is 4.95. The van der Waals surface area contributed by atoms with Crippen molar-refractivity contribution < 1.29 is 4.74 Å². The minimum absolute atomic E-state index is 0.0122. The number of hydrogen-bond acceptors (Lipinski definition) is 2. The first-order chi connectivity index (χ1) is 6.83. The maximum Gasteiger partial charge on any atom is 0.0716 e. The molecule has 2 fully saturated rings. The number of aromatic nitrogens is 1. The molecule has 0 radical (unpaired) electrons. The molecule has 0 amide bonds. The molecule has 1 aromatic rings. The van der Waals surface area contributed by atoms with Gasteiger partial charge in [-0.1, -0.05) is 0 Å². The Morgan fingerprint density at radius 3 is 2.57 bits per heavy atom. The Morgan fingerprint density at radius 1 is 1.43 bits per heavy atom. The highest BCUT2D eigenvalue weighted by Crippen LogP contribution is 2.61. The van der Waals surface area contributed by atoms with E-state index >= 15 is 0 Å². The lowest BCUT2D eigenvalue weighted by Gasteiger charge is -2.45. The number of H-pyrrole nitrogens is 1. The average molecular weight is 188 g/mol. The second-order valence-corrected chi connectivity index (χ2v) is 4.37. The van der Waals surface area contributed by atoms with Crippen molar-refractivity contribution in [3.8, 4) is 6.07 Å². The van der Waals surface area contributed by atoms with Gasteiger partial charge >= 0.3 is 0 Å². The minimum atomic E-state index is -0.132. The van der Waals surface area contributed by atoms with Crippen molar-refractivity contribution in [3.05, 3.63) is 24.0 Å². The van der Waals surface area contributed by atoms with Gasteiger partial charge in [0, 0.05) is 12.4 Å². The molecule has 0 aromatic carbocycles. The van der Waals surface area contributed by atoms with Crippen LogP contribution in [0, 0.1) is 16.7 Å². The molecule has 1 aliphatic carbocycles. The largest absolute Gasteiger partial charge is 0.379 e. The van der Waals surface area contributed by atoms with Crippen LogP contribution in [0.2, 0.25) is 0 Å². The maximum absolute atomic E-state index is 9.24. The van der Waals surface area contributed by atoms with Crippen LogP contribution in [-0.4, -0.2) is 18.2 Å². The summed E-state index contributed by atoms with van der Waals surface area (Å²) in [6.07, 6.45) is 5.97. The van der Waals surface area contributed by atoms with Gasteiger partial charge in [-0.3, -0.25) is 0 Å². The van der Waals surface area contributed by atoms with E-state index in [1.54, 1.807) is 0 Å². The summed E-state index contributed by atoms with van der Waals surface area (Å²) in [7, 11) is 0. The highest BCUT2D eigenvalue weighted by Gasteiger charge is 2.64. The van der Waals surface area contributed by atoms with Gasteiger partial charge in [0.15, 0.2) is 0 Å². The third kappa shape index (κ3) is 0.753. The van der Waals surface area contributed by atoms with Crippen molar-refractivity contribution in [2.75, 3.05) is 13.2 Å². The SMILES string of the molecule is N#CC1(C2(c3cc[nH]c3)COC2)CC1. The fourth-order valence-electron chi connectivity index (χ4n) is 2.47. The average Bonchev–Trinajstić information content (AvgIpc) is 2.72. The van der Waals surface area contributed by atoms with Gasteiger partial charge < -0.3 is 9.72 Å². The lowest BCUT2D eigenvalue weighted by atomic mass is 9.67. The number of nitrogens with one attached hydrogen (secondary N) is 1. The van der Waals surface area contributed by atoms with Crippen molar-refractivity contribution in [3.63, 3.8) is 0 Å². The lowest BCUT2D eigenvalue weighted by molar-refractivity contribution is -0.0866. The van der Waals surface area contributed by atoms with Crippen molar-refractivity contribution in [2.45, 2.75) is 18.3 Å². The Morgan fingerprint density at radius 2 is 2.21 bits per heavy atom. The molecule has 2 aliphatic rings. The predicted molar refractivity (Wildman–Crippen MR) is 50.6 cm³/mol. The minimum Gasteiger partial charge on any atom is -0.379 e. The van der Waals surface area contributed by atoms with E-state index in [9.17, 15) is 5.26 Å².